The van der Waals surface area contributed by atoms with Gasteiger partial charge in [0.15, 0.2) is 0 Å². The number of amides is 2. The van der Waals surface area contributed by atoms with Crippen molar-refractivity contribution in [1.29, 1.82) is 0 Å². The van der Waals surface area contributed by atoms with Gasteiger partial charge in [-0.15, -0.1) is 11.8 Å². The Labute approximate surface area is 212 Å². The molecule has 3 rings (SSSR count). The predicted octanol–water partition coefficient (Wildman–Crippen LogP) is 6.47. The van der Waals surface area contributed by atoms with E-state index in [0.29, 0.717) is 22.3 Å². The lowest BCUT2D eigenvalue weighted by Gasteiger charge is -2.29. The molecule has 32 heavy (non-hydrogen) atoms. The van der Waals surface area contributed by atoms with Gasteiger partial charge in [-0.2, -0.15) is 0 Å². The second kappa shape index (κ2) is 12.3. The van der Waals surface area contributed by atoms with Crippen molar-refractivity contribution in [1.82, 2.24) is 10.2 Å². The lowest BCUT2D eigenvalue weighted by atomic mass is 10.1. The molecular formula is C24H27BrCl2N2O2S. The maximum Gasteiger partial charge on any atom is 0.242 e. The number of hydrogen-bond donors (Lipinski definition) is 1. The highest BCUT2D eigenvalue weighted by Crippen LogP contribution is 2.25. The summed E-state index contributed by atoms with van der Waals surface area (Å²) < 4.78 is 0.944. The number of hydrogen-bond acceptors (Lipinski definition) is 3. The predicted molar refractivity (Wildman–Crippen MR) is 137 cm³/mol. The molecule has 0 aliphatic heterocycles. The second-order valence-corrected chi connectivity index (χ2v) is 10.8. The SMILES string of the molecule is CC(C(=O)NC1CCCC1)N(Cc1cccc(Br)c1)C(=O)CSCc1ccc(Cl)c(Cl)c1. The first-order valence-electron chi connectivity index (χ1n) is 10.7. The molecule has 1 saturated carbocycles. The fraction of sp³-hybridized carbons (Fsp3) is 0.417. The Hall–Kier alpha value is -1.21. The first-order valence-corrected chi connectivity index (χ1v) is 13.4. The molecule has 1 aliphatic rings. The zero-order valence-corrected chi connectivity index (χ0v) is 21.9. The van der Waals surface area contributed by atoms with Crippen molar-refractivity contribution in [3.8, 4) is 0 Å². The molecule has 2 amide bonds. The minimum Gasteiger partial charge on any atom is -0.352 e. The molecule has 1 fully saturated rings. The monoisotopic (exact) mass is 556 g/mol. The Kier molecular flexibility index (Phi) is 9.77. The quantitative estimate of drug-likeness (QED) is 0.384. The van der Waals surface area contributed by atoms with Crippen LogP contribution in [0.15, 0.2) is 46.9 Å². The van der Waals surface area contributed by atoms with Gasteiger partial charge in [0.1, 0.15) is 6.04 Å². The number of carbonyl (C=O) groups is 2. The molecule has 0 aromatic heterocycles. The summed E-state index contributed by atoms with van der Waals surface area (Å²) in [6, 6.07) is 13.0. The number of halogens is 3. The Balaban J connectivity index is 1.66. The van der Waals surface area contributed by atoms with Crippen molar-refractivity contribution < 1.29 is 9.59 Å². The van der Waals surface area contributed by atoms with Gasteiger partial charge < -0.3 is 10.2 Å². The van der Waals surface area contributed by atoms with Crippen LogP contribution in [-0.4, -0.2) is 34.6 Å². The molecule has 0 heterocycles. The summed E-state index contributed by atoms with van der Waals surface area (Å²) in [7, 11) is 0. The minimum atomic E-state index is -0.548. The number of rotatable bonds is 9. The van der Waals surface area contributed by atoms with Gasteiger partial charge in [-0.3, -0.25) is 9.59 Å². The van der Waals surface area contributed by atoms with Gasteiger partial charge in [-0.25, -0.2) is 0 Å². The van der Waals surface area contributed by atoms with E-state index in [1.165, 1.54) is 11.8 Å². The van der Waals surface area contributed by atoms with Gasteiger partial charge >= 0.3 is 0 Å². The van der Waals surface area contributed by atoms with Crippen LogP contribution in [0, 0.1) is 0 Å². The number of nitrogens with zero attached hydrogens (tertiary/aromatic N) is 1. The summed E-state index contributed by atoms with van der Waals surface area (Å²) in [5, 5.41) is 4.15. The van der Waals surface area contributed by atoms with Crippen molar-refractivity contribution in [2.75, 3.05) is 5.75 Å². The van der Waals surface area contributed by atoms with Gasteiger partial charge in [-0.05, 0) is 55.2 Å². The van der Waals surface area contributed by atoms with Crippen LogP contribution >= 0.6 is 50.9 Å². The van der Waals surface area contributed by atoms with Crippen molar-refractivity contribution >= 4 is 62.7 Å². The van der Waals surface area contributed by atoms with Crippen molar-refractivity contribution in [2.45, 2.75) is 57.0 Å². The molecular weight excluding hydrogens is 531 g/mol. The standard InChI is InChI=1S/C24H27BrCl2N2O2S/c1-16(24(31)28-20-7-2-3-8-20)29(13-17-5-4-6-19(25)11-17)23(30)15-32-14-18-9-10-21(26)22(27)12-18/h4-6,9-12,16,20H,2-3,7-8,13-15H2,1H3,(H,28,31). The van der Waals surface area contributed by atoms with Crippen LogP contribution in [0.3, 0.4) is 0 Å². The van der Waals surface area contributed by atoms with Gasteiger partial charge in [0, 0.05) is 22.8 Å². The topological polar surface area (TPSA) is 49.4 Å². The van der Waals surface area contributed by atoms with Crippen LogP contribution in [0.5, 0.6) is 0 Å². The Morgan fingerprint density at radius 2 is 1.88 bits per heavy atom. The van der Waals surface area contributed by atoms with Crippen LogP contribution in [0.25, 0.3) is 0 Å². The number of benzene rings is 2. The molecule has 1 atom stereocenters. The molecule has 1 aliphatic carbocycles. The van der Waals surface area contributed by atoms with E-state index in [9.17, 15) is 9.59 Å². The minimum absolute atomic E-state index is 0.0656. The summed E-state index contributed by atoms with van der Waals surface area (Å²) in [5.41, 5.74) is 1.98. The van der Waals surface area contributed by atoms with Crippen LogP contribution in [0.4, 0.5) is 0 Å². The average molecular weight is 558 g/mol. The molecule has 0 spiro atoms. The molecule has 0 bridgehead atoms. The Morgan fingerprint density at radius 1 is 1.12 bits per heavy atom. The third-order valence-electron chi connectivity index (χ3n) is 5.59. The van der Waals surface area contributed by atoms with Crippen LogP contribution < -0.4 is 5.32 Å². The molecule has 2 aromatic carbocycles. The summed E-state index contributed by atoms with van der Waals surface area (Å²) in [4.78, 5) is 27.8. The number of thioether (sulfide) groups is 1. The molecule has 172 valence electrons. The first-order chi connectivity index (χ1) is 15.3. The van der Waals surface area contributed by atoms with Crippen molar-refractivity contribution in [3.63, 3.8) is 0 Å². The van der Waals surface area contributed by atoms with E-state index >= 15 is 0 Å². The molecule has 2 aromatic rings. The van der Waals surface area contributed by atoms with E-state index in [-0.39, 0.29) is 23.6 Å². The maximum atomic E-state index is 13.2. The van der Waals surface area contributed by atoms with E-state index in [0.717, 1.165) is 41.3 Å². The van der Waals surface area contributed by atoms with Gasteiger partial charge in [0.25, 0.3) is 0 Å². The van der Waals surface area contributed by atoms with Gasteiger partial charge in [-0.1, -0.05) is 70.2 Å². The van der Waals surface area contributed by atoms with E-state index in [2.05, 4.69) is 21.2 Å². The number of nitrogens with one attached hydrogen (secondary N) is 1. The fourth-order valence-electron chi connectivity index (χ4n) is 3.78. The second-order valence-electron chi connectivity index (χ2n) is 8.06. The molecule has 8 heteroatoms. The first kappa shape index (κ1) is 25.4. The van der Waals surface area contributed by atoms with Crippen molar-refractivity contribution in [3.05, 3.63) is 68.1 Å². The highest BCUT2D eigenvalue weighted by molar-refractivity contribution is 9.10. The maximum absolute atomic E-state index is 13.2. The third kappa shape index (κ3) is 7.41. The van der Waals surface area contributed by atoms with Gasteiger partial charge in [0.2, 0.25) is 11.8 Å². The molecule has 0 saturated heterocycles. The van der Waals surface area contributed by atoms with E-state index in [1.54, 1.807) is 11.0 Å². The molecule has 4 nitrogen and oxygen atoms in total. The lowest BCUT2D eigenvalue weighted by Crippen LogP contribution is -2.50. The summed E-state index contributed by atoms with van der Waals surface area (Å²) in [6.07, 6.45) is 4.31. The lowest BCUT2D eigenvalue weighted by molar-refractivity contribution is -0.138. The molecule has 0 radical (unpaired) electrons. The zero-order chi connectivity index (χ0) is 23.1. The summed E-state index contributed by atoms with van der Waals surface area (Å²) in [5.74, 6) is 0.754. The molecule has 1 N–H and O–H groups in total. The highest BCUT2D eigenvalue weighted by Gasteiger charge is 2.28. The van der Waals surface area contributed by atoms with Crippen LogP contribution in [0.2, 0.25) is 10.0 Å². The van der Waals surface area contributed by atoms with Crippen LogP contribution in [-0.2, 0) is 21.9 Å². The van der Waals surface area contributed by atoms with E-state index in [4.69, 9.17) is 23.2 Å². The fourth-order valence-corrected chi connectivity index (χ4v) is 5.40. The molecule has 1 unspecified atom stereocenters. The zero-order valence-electron chi connectivity index (χ0n) is 18.0. The largest absolute Gasteiger partial charge is 0.352 e. The van der Waals surface area contributed by atoms with E-state index < -0.39 is 6.04 Å². The van der Waals surface area contributed by atoms with Crippen LogP contribution in [0.1, 0.15) is 43.7 Å². The van der Waals surface area contributed by atoms with Gasteiger partial charge in [0.05, 0.1) is 15.8 Å². The van der Waals surface area contributed by atoms with E-state index in [1.807, 2.05) is 43.3 Å². The normalized spacial score (nSPS) is 14.9. The number of carbonyl (C=O) groups excluding carboxylic acids is 2. The smallest absolute Gasteiger partial charge is 0.242 e. The van der Waals surface area contributed by atoms with Crippen molar-refractivity contribution in [2.24, 2.45) is 0 Å². The Bertz CT molecular complexity index is 953. The third-order valence-corrected chi connectivity index (χ3v) is 7.81. The average Bonchev–Trinajstić information content (AvgIpc) is 3.27. The highest BCUT2D eigenvalue weighted by atomic mass is 79.9. The summed E-state index contributed by atoms with van der Waals surface area (Å²) >= 11 is 17.1. The Morgan fingerprint density at radius 3 is 2.56 bits per heavy atom. The summed E-state index contributed by atoms with van der Waals surface area (Å²) in [6.45, 7) is 2.19.